The maximum absolute atomic E-state index is 6.01. The molecule has 1 heterocycles. The van der Waals surface area contributed by atoms with E-state index in [1.165, 1.54) is 37.1 Å². The molecule has 1 aliphatic heterocycles. The Morgan fingerprint density at radius 3 is 2.67 bits per heavy atom. The van der Waals surface area contributed by atoms with Gasteiger partial charge in [0.1, 0.15) is 12.4 Å². The van der Waals surface area contributed by atoms with Crippen LogP contribution in [-0.4, -0.2) is 44.7 Å². The molecule has 3 nitrogen and oxygen atoms in total. The van der Waals surface area contributed by atoms with Gasteiger partial charge in [-0.1, -0.05) is 18.2 Å². The third-order valence-electron chi connectivity index (χ3n) is 4.16. The van der Waals surface area contributed by atoms with Gasteiger partial charge in [0, 0.05) is 13.1 Å². The fourth-order valence-corrected chi connectivity index (χ4v) is 3.11. The van der Waals surface area contributed by atoms with Gasteiger partial charge in [-0.2, -0.15) is 0 Å². The first-order valence-electron chi connectivity index (χ1n) is 7.76. The Labute approximate surface area is 135 Å². The number of rotatable bonds is 6. The maximum Gasteiger partial charge on any atom is 0.125 e. The quantitative estimate of drug-likeness (QED) is 0.874. The monoisotopic (exact) mass is 312 g/mol. The van der Waals surface area contributed by atoms with Crippen molar-refractivity contribution in [3.63, 3.8) is 0 Å². The molecule has 1 aromatic rings. The number of nitrogens with one attached hydrogen (secondary N) is 1. The number of hydrogen-bond acceptors (Lipinski definition) is 3. The molecular weight excluding hydrogens is 284 g/mol. The fraction of sp³-hybridized carbons (Fsp3) is 0.647. The lowest BCUT2D eigenvalue weighted by molar-refractivity contribution is 0.146. The number of hydrogen-bond donors (Lipinski definition) is 1. The third-order valence-corrected chi connectivity index (χ3v) is 4.16. The van der Waals surface area contributed by atoms with Crippen LogP contribution in [0.1, 0.15) is 24.0 Å². The summed E-state index contributed by atoms with van der Waals surface area (Å²) >= 11 is 0. The number of benzene rings is 1. The van der Waals surface area contributed by atoms with Gasteiger partial charge < -0.3 is 10.1 Å². The van der Waals surface area contributed by atoms with Crippen LogP contribution in [0.4, 0.5) is 0 Å². The molecule has 0 aromatic heterocycles. The standard InChI is InChI=1S/C17H28N2O.ClH/c1-14-6-4-7-15(2)17(14)20-11-10-19-9-5-8-16(13-19)12-18-3;/h4,6-7,16,18H,5,8-13H2,1-3H3;1H. The van der Waals surface area contributed by atoms with Crippen molar-refractivity contribution < 1.29 is 4.74 Å². The van der Waals surface area contributed by atoms with Gasteiger partial charge in [-0.3, -0.25) is 4.90 Å². The van der Waals surface area contributed by atoms with Gasteiger partial charge in [0.15, 0.2) is 0 Å². The van der Waals surface area contributed by atoms with E-state index in [-0.39, 0.29) is 12.4 Å². The number of para-hydroxylation sites is 1. The van der Waals surface area contributed by atoms with E-state index in [4.69, 9.17) is 4.74 Å². The van der Waals surface area contributed by atoms with Gasteiger partial charge in [-0.25, -0.2) is 0 Å². The van der Waals surface area contributed by atoms with Crippen LogP contribution in [0.15, 0.2) is 18.2 Å². The molecule has 0 amide bonds. The van der Waals surface area contributed by atoms with E-state index >= 15 is 0 Å². The molecule has 2 rings (SSSR count). The molecule has 1 aliphatic rings. The topological polar surface area (TPSA) is 24.5 Å². The highest BCUT2D eigenvalue weighted by molar-refractivity contribution is 5.85. The average molecular weight is 313 g/mol. The van der Waals surface area contributed by atoms with Crippen molar-refractivity contribution in [1.29, 1.82) is 0 Å². The number of halogens is 1. The number of ether oxygens (including phenoxy) is 1. The van der Waals surface area contributed by atoms with E-state index in [0.29, 0.717) is 0 Å². The minimum Gasteiger partial charge on any atom is -0.492 e. The van der Waals surface area contributed by atoms with Crippen molar-refractivity contribution in [3.8, 4) is 5.75 Å². The van der Waals surface area contributed by atoms with Crippen molar-refractivity contribution in [2.45, 2.75) is 26.7 Å². The normalized spacial score (nSPS) is 19.1. The Hall–Kier alpha value is -0.770. The summed E-state index contributed by atoms with van der Waals surface area (Å²) in [5, 5.41) is 3.30. The first-order valence-corrected chi connectivity index (χ1v) is 7.76. The van der Waals surface area contributed by atoms with E-state index in [9.17, 15) is 0 Å². The van der Waals surface area contributed by atoms with Crippen LogP contribution in [-0.2, 0) is 0 Å². The molecule has 0 bridgehead atoms. The molecule has 0 saturated carbocycles. The van der Waals surface area contributed by atoms with Gasteiger partial charge in [0.2, 0.25) is 0 Å². The van der Waals surface area contributed by atoms with Crippen molar-refractivity contribution in [2.24, 2.45) is 5.92 Å². The van der Waals surface area contributed by atoms with E-state index < -0.39 is 0 Å². The summed E-state index contributed by atoms with van der Waals surface area (Å²) in [4.78, 5) is 2.54. The van der Waals surface area contributed by atoms with Crippen molar-refractivity contribution in [3.05, 3.63) is 29.3 Å². The van der Waals surface area contributed by atoms with Gasteiger partial charge in [0.25, 0.3) is 0 Å². The van der Waals surface area contributed by atoms with E-state index in [0.717, 1.165) is 31.4 Å². The Kier molecular flexibility index (Phi) is 8.09. The second-order valence-corrected chi connectivity index (χ2v) is 5.94. The summed E-state index contributed by atoms with van der Waals surface area (Å²) in [7, 11) is 2.04. The molecule has 1 unspecified atom stereocenters. The molecule has 0 spiro atoms. The van der Waals surface area contributed by atoms with Gasteiger partial charge in [-0.05, 0) is 63.9 Å². The van der Waals surface area contributed by atoms with Crippen LogP contribution in [0.2, 0.25) is 0 Å². The van der Waals surface area contributed by atoms with Crippen LogP contribution >= 0.6 is 12.4 Å². The van der Waals surface area contributed by atoms with Gasteiger partial charge >= 0.3 is 0 Å². The molecule has 1 N–H and O–H groups in total. The first-order chi connectivity index (χ1) is 9.70. The predicted octanol–water partition coefficient (Wildman–Crippen LogP) is 3.04. The van der Waals surface area contributed by atoms with E-state index in [1.807, 2.05) is 7.05 Å². The lowest BCUT2D eigenvalue weighted by Gasteiger charge is -2.32. The molecule has 4 heteroatoms. The molecule has 120 valence electrons. The average Bonchev–Trinajstić information content (AvgIpc) is 2.43. The molecule has 0 radical (unpaired) electrons. The molecule has 1 fully saturated rings. The SMILES string of the molecule is CNCC1CCCN(CCOc2c(C)cccc2C)C1.Cl. The zero-order chi connectivity index (χ0) is 14.4. The third kappa shape index (κ3) is 5.50. The zero-order valence-corrected chi connectivity index (χ0v) is 14.3. The lowest BCUT2D eigenvalue weighted by Crippen LogP contribution is -2.40. The molecule has 21 heavy (non-hydrogen) atoms. The van der Waals surface area contributed by atoms with Crippen molar-refractivity contribution in [1.82, 2.24) is 10.2 Å². The van der Waals surface area contributed by atoms with Crippen LogP contribution in [0.5, 0.6) is 5.75 Å². The highest BCUT2D eigenvalue weighted by Gasteiger charge is 2.19. The zero-order valence-electron chi connectivity index (χ0n) is 13.5. The van der Waals surface area contributed by atoms with Crippen LogP contribution in [0.25, 0.3) is 0 Å². The molecule has 1 aromatic carbocycles. The number of aryl methyl sites for hydroxylation is 2. The number of nitrogens with zero attached hydrogens (tertiary/aromatic N) is 1. The smallest absolute Gasteiger partial charge is 0.125 e. The minimum absolute atomic E-state index is 0. The van der Waals surface area contributed by atoms with Crippen LogP contribution in [0, 0.1) is 19.8 Å². The maximum atomic E-state index is 6.01. The summed E-state index contributed by atoms with van der Waals surface area (Å²) in [5.41, 5.74) is 2.47. The van der Waals surface area contributed by atoms with E-state index in [2.05, 4.69) is 42.3 Å². The van der Waals surface area contributed by atoms with Crippen molar-refractivity contribution >= 4 is 12.4 Å². The lowest BCUT2D eigenvalue weighted by atomic mass is 9.98. The molecule has 1 saturated heterocycles. The first kappa shape index (κ1) is 18.3. The number of likely N-dealkylation sites (tertiary alicyclic amines) is 1. The Morgan fingerprint density at radius 2 is 2.00 bits per heavy atom. The van der Waals surface area contributed by atoms with Gasteiger partial charge in [-0.15, -0.1) is 12.4 Å². The van der Waals surface area contributed by atoms with Crippen LogP contribution < -0.4 is 10.1 Å². The second kappa shape index (κ2) is 9.29. The molecule has 1 atom stereocenters. The second-order valence-electron chi connectivity index (χ2n) is 5.94. The summed E-state index contributed by atoms with van der Waals surface area (Å²) in [5.74, 6) is 1.87. The Morgan fingerprint density at radius 1 is 1.29 bits per heavy atom. The predicted molar refractivity (Wildman–Crippen MR) is 91.7 cm³/mol. The minimum atomic E-state index is 0. The summed E-state index contributed by atoms with van der Waals surface area (Å²) < 4.78 is 6.01. The molecule has 0 aliphatic carbocycles. The van der Waals surface area contributed by atoms with E-state index in [1.54, 1.807) is 0 Å². The van der Waals surface area contributed by atoms with Gasteiger partial charge in [0.05, 0.1) is 0 Å². The highest BCUT2D eigenvalue weighted by Crippen LogP contribution is 2.22. The summed E-state index contributed by atoms with van der Waals surface area (Å²) in [6, 6.07) is 6.32. The summed E-state index contributed by atoms with van der Waals surface area (Å²) in [6.45, 7) is 9.62. The Bertz CT molecular complexity index is 403. The number of piperidine rings is 1. The van der Waals surface area contributed by atoms with Crippen molar-refractivity contribution in [2.75, 3.05) is 39.8 Å². The molecular formula is C17H29ClN2O. The van der Waals surface area contributed by atoms with Crippen LogP contribution in [0.3, 0.4) is 0 Å². The fourth-order valence-electron chi connectivity index (χ4n) is 3.11. The largest absolute Gasteiger partial charge is 0.492 e. The highest BCUT2D eigenvalue weighted by atomic mass is 35.5. The Balaban J connectivity index is 0.00000220. The summed E-state index contributed by atoms with van der Waals surface area (Å²) in [6.07, 6.45) is 2.67.